The lowest BCUT2D eigenvalue weighted by Crippen LogP contribution is -2.50. The van der Waals surface area contributed by atoms with Gasteiger partial charge < -0.3 is 10.2 Å². The molecule has 190 valence electrons. The minimum atomic E-state index is -3.71. The number of nitrogens with zero attached hydrogens (tertiary/aromatic N) is 3. The fourth-order valence-corrected chi connectivity index (χ4v) is 6.98. The van der Waals surface area contributed by atoms with Crippen LogP contribution in [-0.4, -0.2) is 67.0 Å². The maximum Gasteiger partial charge on any atom is 0.253 e. The van der Waals surface area contributed by atoms with Crippen LogP contribution in [0.3, 0.4) is 0 Å². The first-order valence-electron chi connectivity index (χ1n) is 11.9. The highest BCUT2D eigenvalue weighted by molar-refractivity contribution is 7.89. The van der Waals surface area contributed by atoms with Crippen LogP contribution in [0.1, 0.15) is 36.0 Å². The number of rotatable bonds is 4. The summed E-state index contributed by atoms with van der Waals surface area (Å²) in [4.78, 5) is 32.8. The maximum absolute atomic E-state index is 13.1. The van der Waals surface area contributed by atoms with E-state index in [9.17, 15) is 18.0 Å². The summed E-state index contributed by atoms with van der Waals surface area (Å²) in [5.74, 6) is 0.250. The topological polar surface area (TPSA) is 99.2 Å². The van der Waals surface area contributed by atoms with E-state index in [-0.39, 0.29) is 35.7 Å². The molecule has 8 nitrogen and oxygen atoms in total. The summed E-state index contributed by atoms with van der Waals surface area (Å²) < 4.78 is 27.5. The van der Waals surface area contributed by atoms with Gasteiger partial charge in [0.1, 0.15) is 11.4 Å². The Hall–Kier alpha value is -2.46. The van der Waals surface area contributed by atoms with E-state index in [0.717, 1.165) is 12.8 Å². The number of aliphatic imine (C=N–C) groups is 1. The van der Waals surface area contributed by atoms with Crippen molar-refractivity contribution in [2.24, 2.45) is 10.9 Å². The third-order valence-electron chi connectivity index (χ3n) is 7.17. The van der Waals surface area contributed by atoms with Crippen LogP contribution in [0.2, 0.25) is 10.0 Å². The van der Waals surface area contributed by atoms with Gasteiger partial charge >= 0.3 is 0 Å². The molecule has 0 aromatic heterocycles. The van der Waals surface area contributed by atoms with Crippen molar-refractivity contribution in [3.63, 3.8) is 0 Å². The Kier molecular flexibility index (Phi) is 6.84. The Morgan fingerprint density at radius 1 is 1.03 bits per heavy atom. The van der Waals surface area contributed by atoms with Gasteiger partial charge in [0.2, 0.25) is 10.0 Å². The monoisotopic (exact) mass is 548 g/mol. The van der Waals surface area contributed by atoms with E-state index in [0.29, 0.717) is 47.4 Å². The van der Waals surface area contributed by atoms with E-state index in [2.05, 4.69) is 5.32 Å². The molecule has 5 rings (SSSR count). The predicted octanol–water partition coefficient (Wildman–Crippen LogP) is 3.60. The fourth-order valence-electron chi connectivity index (χ4n) is 5.11. The van der Waals surface area contributed by atoms with E-state index in [4.69, 9.17) is 28.2 Å². The molecule has 0 radical (unpaired) electrons. The van der Waals surface area contributed by atoms with Crippen molar-refractivity contribution in [3.05, 3.63) is 64.1 Å². The predicted molar refractivity (Wildman–Crippen MR) is 138 cm³/mol. The van der Waals surface area contributed by atoms with E-state index < -0.39 is 15.6 Å². The molecule has 2 aromatic rings. The number of likely N-dealkylation sites (tertiary alicyclic amines) is 1. The summed E-state index contributed by atoms with van der Waals surface area (Å²) in [5, 5.41) is 3.88. The molecular weight excluding hydrogens is 523 g/mol. The average Bonchev–Trinajstić information content (AvgIpc) is 3.19. The molecule has 2 fully saturated rings. The minimum absolute atomic E-state index is 0.0736. The van der Waals surface area contributed by atoms with Crippen LogP contribution in [0, 0.1) is 5.92 Å². The lowest BCUT2D eigenvalue weighted by atomic mass is 9.89. The smallest absolute Gasteiger partial charge is 0.253 e. The average molecular weight is 549 g/mol. The van der Waals surface area contributed by atoms with Crippen molar-refractivity contribution in [1.29, 1.82) is 0 Å². The molecule has 2 saturated heterocycles. The van der Waals surface area contributed by atoms with E-state index in [1.165, 1.54) is 16.4 Å². The van der Waals surface area contributed by atoms with Crippen LogP contribution in [0.25, 0.3) is 0 Å². The van der Waals surface area contributed by atoms with Crippen molar-refractivity contribution < 1.29 is 18.0 Å². The highest BCUT2D eigenvalue weighted by atomic mass is 35.5. The number of nitrogens with one attached hydrogen (secondary N) is 1. The number of carbonyl (C=O) groups excluding carboxylic acids is 2. The van der Waals surface area contributed by atoms with Crippen molar-refractivity contribution >= 4 is 50.9 Å². The molecule has 3 heterocycles. The van der Waals surface area contributed by atoms with Crippen LogP contribution in [0.15, 0.2) is 58.4 Å². The number of hydrogen-bond donors (Lipinski definition) is 1. The lowest BCUT2D eigenvalue weighted by Gasteiger charge is -2.35. The molecule has 2 amide bonds. The molecule has 3 aliphatic heterocycles. The third kappa shape index (κ3) is 4.77. The number of piperidine rings is 2. The first kappa shape index (κ1) is 25.2. The Morgan fingerprint density at radius 3 is 2.44 bits per heavy atom. The molecule has 1 unspecified atom stereocenters. The Labute approximate surface area is 220 Å². The Morgan fingerprint density at radius 2 is 1.75 bits per heavy atom. The molecule has 11 heteroatoms. The van der Waals surface area contributed by atoms with Crippen molar-refractivity contribution in [2.45, 2.75) is 36.1 Å². The summed E-state index contributed by atoms with van der Waals surface area (Å²) in [6, 6.07) is 13.0. The standard InChI is InChI=1S/C25H26Cl2N4O4S/c26-19-8-6-17(7-9-19)23(32)30-12-2-3-18(16-30)22-28-24(33)25(29-22)10-13-31(14-11-25)36(34,35)21-5-1-4-20(27)15-21/h1,4-9,15,18H,2-3,10-14,16H2,(H,28,29,33). The van der Waals surface area contributed by atoms with Crippen molar-refractivity contribution in [2.75, 3.05) is 26.2 Å². The van der Waals surface area contributed by atoms with E-state index in [1.807, 2.05) is 0 Å². The number of halogens is 2. The number of amidine groups is 1. The quantitative estimate of drug-likeness (QED) is 0.630. The van der Waals surface area contributed by atoms with Gasteiger partial charge in [-0.15, -0.1) is 0 Å². The minimum Gasteiger partial charge on any atom is -0.338 e. The van der Waals surface area contributed by atoms with Gasteiger partial charge in [0.25, 0.3) is 11.8 Å². The number of carbonyl (C=O) groups is 2. The first-order chi connectivity index (χ1) is 17.2. The van der Waals surface area contributed by atoms with Crippen LogP contribution in [0.4, 0.5) is 0 Å². The van der Waals surface area contributed by atoms with Crippen LogP contribution in [-0.2, 0) is 14.8 Å². The normalized spacial score (nSPS) is 22.4. The first-order valence-corrected chi connectivity index (χ1v) is 14.1. The maximum atomic E-state index is 13.1. The van der Waals surface area contributed by atoms with Crippen molar-refractivity contribution in [3.8, 4) is 0 Å². The zero-order valence-corrected chi connectivity index (χ0v) is 21.8. The van der Waals surface area contributed by atoms with Gasteiger partial charge in [0.05, 0.1) is 4.90 Å². The highest BCUT2D eigenvalue weighted by Gasteiger charge is 2.49. The van der Waals surface area contributed by atoms with E-state index >= 15 is 0 Å². The zero-order chi connectivity index (χ0) is 25.5. The number of hydrogen-bond acceptors (Lipinski definition) is 5. The molecular formula is C25H26Cl2N4O4S. The van der Waals surface area contributed by atoms with Gasteiger partial charge in [-0.05, 0) is 68.1 Å². The van der Waals surface area contributed by atoms with Gasteiger partial charge in [-0.1, -0.05) is 29.3 Å². The third-order valence-corrected chi connectivity index (χ3v) is 9.55. The van der Waals surface area contributed by atoms with Gasteiger partial charge in [-0.2, -0.15) is 4.31 Å². The van der Waals surface area contributed by atoms with Gasteiger partial charge in [0.15, 0.2) is 0 Å². The Bertz CT molecular complexity index is 1320. The summed E-state index contributed by atoms with van der Waals surface area (Å²) in [6.45, 7) is 1.47. The highest BCUT2D eigenvalue weighted by Crippen LogP contribution is 2.34. The van der Waals surface area contributed by atoms with Gasteiger partial charge in [-0.25, -0.2) is 8.42 Å². The lowest BCUT2D eigenvalue weighted by molar-refractivity contribution is -0.125. The van der Waals surface area contributed by atoms with Crippen molar-refractivity contribution in [1.82, 2.24) is 14.5 Å². The Balaban J connectivity index is 1.27. The zero-order valence-electron chi connectivity index (χ0n) is 19.5. The molecule has 1 spiro atoms. The molecule has 1 N–H and O–H groups in total. The number of sulfonamides is 1. The summed E-state index contributed by atoms with van der Waals surface area (Å²) in [6.07, 6.45) is 2.21. The van der Waals surface area contributed by atoms with Crippen LogP contribution < -0.4 is 5.32 Å². The SMILES string of the molecule is O=C(c1ccc(Cl)cc1)N1CCCC(C2=NC3(CCN(S(=O)(=O)c4cccc(Cl)c4)CC3)C(=O)N2)C1. The summed E-state index contributed by atoms with van der Waals surface area (Å²) in [5.41, 5.74) is -0.403. The summed E-state index contributed by atoms with van der Waals surface area (Å²) in [7, 11) is -3.71. The number of benzene rings is 2. The molecule has 36 heavy (non-hydrogen) atoms. The van der Waals surface area contributed by atoms with E-state index in [1.54, 1.807) is 41.3 Å². The molecule has 0 bridgehead atoms. The molecule has 2 aromatic carbocycles. The fraction of sp³-hybridized carbons (Fsp3) is 0.400. The van der Waals surface area contributed by atoms with Gasteiger partial charge in [0, 0.05) is 47.7 Å². The largest absolute Gasteiger partial charge is 0.338 e. The molecule has 3 aliphatic rings. The number of amides is 2. The second-order valence-electron chi connectivity index (χ2n) is 9.44. The second-order valence-corrected chi connectivity index (χ2v) is 12.3. The second kappa shape index (κ2) is 9.78. The molecule has 0 saturated carbocycles. The van der Waals surface area contributed by atoms with Crippen LogP contribution >= 0.6 is 23.2 Å². The van der Waals surface area contributed by atoms with Gasteiger partial charge in [-0.3, -0.25) is 14.6 Å². The molecule has 1 atom stereocenters. The summed E-state index contributed by atoms with van der Waals surface area (Å²) >= 11 is 11.9. The van der Waals surface area contributed by atoms with Crippen LogP contribution in [0.5, 0.6) is 0 Å². The molecule has 0 aliphatic carbocycles.